The molecule has 3 rings (SSSR count). The Labute approximate surface area is 103 Å². The van der Waals surface area contributed by atoms with Crippen LogP contribution in [0.15, 0.2) is 12.1 Å². The molecule has 0 aliphatic heterocycles. The van der Waals surface area contributed by atoms with Crippen molar-refractivity contribution in [2.75, 3.05) is 0 Å². The maximum absolute atomic E-state index is 3.66. The molecule has 17 heavy (non-hydrogen) atoms. The molecule has 0 saturated carbocycles. The van der Waals surface area contributed by atoms with Crippen molar-refractivity contribution in [1.82, 2.24) is 4.98 Å². The first-order valence-electron chi connectivity index (χ1n) is 6.57. The molecule has 1 aliphatic carbocycles. The molecule has 1 nitrogen and oxygen atoms in total. The van der Waals surface area contributed by atoms with Crippen LogP contribution in [0.25, 0.3) is 10.9 Å². The van der Waals surface area contributed by atoms with E-state index >= 15 is 0 Å². The molecule has 1 aliphatic rings. The van der Waals surface area contributed by atoms with Crippen LogP contribution in [-0.2, 0) is 12.8 Å². The van der Waals surface area contributed by atoms with Crippen molar-refractivity contribution in [1.29, 1.82) is 0 Å². The molecule has 0 bridgehead atoms. The number of fused-ring (bicyclic) bond motifs is 3. The summed E-state index contributed by atoms with van der Waals surface area (Å²) in [5, 5.41) is 1.49. The molecular formula is C16H21N. The highest BCUT2D eigenvalue weighted by Crippen LogP contribution is 2.39. The molecule has 2 aromatic rings. The van der Waals surface area contributed by atoms with Gasteiger partial charge in [-0.1, -0.05) is 26.0 Å². The first-order chi connectivity index (χ1) is 7.98. The zero-order chi connectivity index (χ0) is 12.2. The molecule has 0 radical (unpaired) electrons. The number of rotatable bonds is 0. The fraction of sp³-hybridized carbons (Fsp3) is 0.500. The van der Waals surface area contributed by atoms with Crippen LogP contribution in [0.3, 0.4) is 0 Å². The van der Waals surface area contributed by atoms with E-state index in [1.807, 2.05) is 0 Å². The lowest BCUT2D eigenvalue weighted by molar-refractivity contribution is 0.315. The van der Waals surface area contributed by atoms with Gasteiger partial charge in [-0.05, 0) is 55.2 Å². The number of aromatic nitrogens is 1. The third-order valence-corrected chi connectivity index (χ3v) is 4.27. The van der Waals surface area contributed by atoms with Gasteiger partial charge in [-0.2, -0.15) is 0 Å². The molecule has 0 atom stereocenters. The molecule has 1 aromatic heterocycles. The Bertz CT molecular complexity index is 587. The number of aromatic amines is 1. The Balaban J connectivity index is 2.31. The fourth-order valence-corrected chi connectivity index (χ4v) is 3.18. The van der Waals surface area contributed by atoms with Gasteiger partial charge in [0.1, 0.15) is 0 Å². The number of hydrogen-bond acceptors (Lipinski definition) is 0. The highest BCUT2D eigenvalue weighted by Gasteiger charge is 2.28. The quantitative estimate of drug-likeness (QED) is 0.690. The van der Waals surface area contributed by atoms with E-state index in [9.17, 15) is 0 Å². The molecule has 90 valence electrons. The molecule has 0 unspecified atom stereocenters. The van der Waals surface area contributed by atoms with Crippen LogP contribution in [0.5, 0.6) is 0 Å². The predicted molar refractivity (Wildman–Crippen MR) is 73.6 cm³/mol. The average Bonchev–Trinajstić information content (AvgIpc) is 2.62. The summed E-state index contributed by atoms with van der Waals surface area (Å²) in [5.74, 6) is 0. The van der Waals surface area contributed by atoms with Crippen molar-refractivity contribution in [3.63, 3.8) is 0 Å². The van der Waals surface area contributed by atoms with Gasteiger partial charge < -0.3 is 4.98 Å². The summed E-state index contributed by atoms with van der Waals surface area (Å²) >= 11 is 0. The van der Waals surface area contributed by atoms with Gasteiger partial charge in [-0.25, -0.2) is 0 Å². The lowest BCUT2D eigenvalue weighted by Gasteiger charge is -2.29. The van der Waals surface area contributed by atoms with Crippen LogP contribution >= 0.6 is 0 Å². The third-order valence-electron chi connectivity index (χ3n) is 4.27. The molecular weight excluding hydrogens is 206 g/mol. The first kappa shape index (κ1) is 10.9. The summed E-state index contributed by atoms with van der Waals surface area (Å²) in [7, 11) is 0. The van der Waals surface area contributed by atoms with Crippen molar-refractivity contribution in [2.45, 2.75) is 47.0 Å². The summed E-state index contributed by atoms with van der Waals surface area (Å²) in [6.45, 7) is 9.21. The monoisotopic (exact) mass is 227 g/mol. The minimum atomic E-state index is 0.457. The molecule has 0 amide bonds. The van der Waals surface area contributed by atoms with E-state index in [1.54, 1.807) is 5.56 Å². The lowest BCUT2D eigenvalue weighted by Crippen LogP contribution is -2.21. The van der Waals surface area contributed by atoms with E-state index in [4.69, 9.17) is 0 Å². The molecule has 0 saturated heterocycles. The maximum atomic E-state index is 3.66. The normalized spacial score (nSPS) is 18.4. The minimum absolute atomic E-state index is 0.457. The van der Waals surface area contributed by atoms with E-state index in [2.05, 4.69) is 44.8 Å². The maximum Gasteiger partial charge on any atom is 0.0491 e. The second-order valence-electron chi connectivity index (χ2n) is 6.37. The molecule has 1 N–H and O–H groups in total. The number of H-pyrrole nitrogens is 1. The summed E-state index contributed by atoms with van der Waals surface area (Å²) in [4.78, 5) is 3.66. The average molecular weight is 227 g/mol. The van der Waals surface area contributed by atoms with Crippen LogP contribution in [0, 0.1) is 19.3 Å². The number of benzene rings is 1. The van der Waals surface area contributed by atoms with Crippen molar-refractivity contribution in [3.8, 4) is 0 Å². The highest BCUT2D eigenvalue weighted by atomic mass is 14.7. The smallest absolute Gasteiger partial charge is 0.0491 e. The van der Waals surface area contributed by atoms with Crippen LogP contribution in [-0.4, -0.2) is 4.98 Å². The van der Waals surface area contributed by atoms with E-state index in [1.165, 1.54) is 47.0 Å². The van der Waals surface area contributed by atoms with Crippen molar-refractivity contribution in [2.24, 2.45) is 5.41 Å². The summed E-state index contributed by atoms with van der Waals surface area (Å²) in [6, 6.07) is 4.48. The van der Waals surface area contributed by atoms with Gasteiger partial charge in [0.15, 0.2) is 0 Å². The van der Waals surface area contributed by atoms with Gasteiger partial charge in [0, 0.05) is 16.6 Å². The van der Waals surface area contributed by atoms with Gasteiger partial charge in [-0.15, -0.1) is 0 Å². The van der Waals surface area contributed by atoms with Gasteiger partial charge in [0.05, 0.1) is 0 Å². The van der Waals surface area contributed by atoms with Crippen LogP contribution < -0.4 is 0 Å². The standard InChI is InChI=1S/C16H21N/c1-10-5-6-11(2)15-14(10)12-9-16(3,4)8-7-13(12)17-15/h5-6,17H,7-9H2,1-4H3. The molecule has 0 fully saturated rings. The van der Waals surface area contributed by atoms with Crippen LogP contribution in [0.1, 0.15) is 42.7 Å². The minimum Gasteiger partial charge on any atom is -0.358 e. The number of hydrogen-bond donors (Lipinski definition) is 1. The SMILES string of the molecule is Cc1ccc(C)c2c3c([nH]c12)CCC(C)(C)C3. The van der Waals surface area contributed by atoms with Crippen molar-refractivity contribution >= 4 is 10.9 Å². The summed E-state index contributed by atoms with van der Waals surface area (Å²) in [5.41, 5.74) is 7.68. The number of aryl methyl sites for hydroxylation is 3. The zero-order valence-electron chi connectivity index (χ0n) is 11.3. The first-order valence-corrected chi connectivity index (χ1v) is 6.57. The second-order valence-corrected chi connectivity index (χ2v) is 6.37. The third kappa shape index (κ3) is 1.60. The van der Waals surface area contributed by atoms with Crippen LogP contribution in [0.2, 0.25) is 0 Å². The summed E-state index contributed by atoms with van der Waals surface area (Å²) < 4.78 is 0. The predicted octanol–water partition coefficient (Wildman–Crippen LogP) is 4.30. The van der Waals surface area contributed by atoms with E-state index < -0.39 is 0 Å². The lowest BCUT2D eigenvalue weighted by atomic mass is 9.75. The van der Waals surface area contributed by atoms with Crippen molar-refractivity contribution < 1.29 is 0 Å². The summed E-state index contributed by atoms with van der Waals surface area (Å²) in [6.07, 6.45) is 3.72. The van der Waals surface area contributed by atoms with Gasteiger partial charge >= 0.3 is 0 Å². The van der Waals surface area contributed by atoms with Gasteiger partial charge in [0.25, 0.3) is 0 Å². The molecule has 1 heterocycles. The topological polar surface area (TPSA) is 15.8 Å². The Morgan fingerprint density at radius 1 is 1.12 bits per heavy atom. The Morgan fingerprint density at radius 3 is 2.59 bits per heavy atom. The van der Waals surface area contributed by atoms with E-state index in [0.29, 0.717) is 5.41 Å². The highest BCUT2D eigenvalue weighted by molar-refractivity contribution is 5.90. The Hall–Kier alpha value is -1.24. The fourth-order valence-electron chi connectivity index (χ4n) is 3.18. The molecule has 0 spiro atoms. The van der Waals surface area contributed by atoms with E-state index in [-0.39, 0.29) is 0 Å². The van der Waals surface area contributed by atoms with E-state index in [0.717, 1.165) is 0 Å². The van der Waals surface area contributed by atoms with Gasteiger partial charge in [-0.3, -0.25) is 0 Å². The number of nitrogens with one attached hydrogen (secondary N) is 1. The molecule has 1 aromatic carbocycles. The van der Waals surface area contributed by atoms with Crippen molar-refractivity contribution in [3.05, 3.63) is 34.5 Å². The van der Waals surface area contributed by atoms with Gasteiger partial charge in [0.2, 0.25) is 0 Å². The second kappa shape index (κ2) is 3.38. The Kier molecular flexibility index (Phi) is 2.16. The molecule has 1 heteroatoms. The van der Waals surface area contributed by atoms with Crippen LogP contribution in [0.4, 0.5) is 0 Å². The largest absolute Gasteiger partial charge is 0.358 e. The Morgan fingerprint density at radius 2 is 1.82 bits per heavy atom. The zero-order valence-corrected chi connectivity index (χ0v) is 11.3.